The van der Waals surface area contributed by atoms with Crippen molar-refractivity contribution >= 4 is 5.91 Å². The molecule has 1 aromatic carbocycles. The summed E-state index contributed by atoms with van der Waals surface area (Å²) in [5.41, 5.74) is 0.668. The maximum atomic E-state index is 11.9. The van der Waals surface area contributed by atoms with Gasteiger partial charge in [0.05, 0.1) is 6.61 Å². The summed E-state index contributed by atoms with van der Waals surface area (Å²) < 4.78 is 5.33. The summed E-state index contributed by atoms with van der Waals surface area (Å²) in [6.07, 6.45) is 0. The Balaban J connectivity index is 2.63. The highest BCUT2D eigenvalue weighted by atomic mass is 16.5. The second-order valence-corrected chi connectivity index (χ2v) is 4.46. The lowest BCUT2D eigenvalue weighted by Gasteiger charge is -2.17. The molecule has 3 heteroatoms. The van der Waals surface area contributed by atoms with Gasteiger partial charge in [-0.3, -0.25) is 4.79 Å². The zero-order valence-corrected chi connectivity index (χ0v) is 11.0. The predicted molar refractivity (Wildman–Crippen MR) is 69.4 cm³/mol. The van der Waals surface area contributed by atoms with Crippen LogP contribution in [0, 0.1) is 5.92 Å². The largest absolute Gasteiger partial charge is 0.494 e. The summed E-state index contributed by atoms with van der Waals surface area (Å²) >= 11 is 0. The maximum Gasteiger partial charge on any atom is 0.251 e. The fourth-order valence-corrected chi connectivity index (χ4v) is 1.33. The van der Waals surface area contributed by atoms with Crippen molar-refractivity contribution in [3.63, 3.8) is 0 Å². The van der Waals surface area contributed by atoms with Crippen molar-refractivity contribution < 1.29 is 9.53 Å². The van der Waals surface area contributed by atoms with E-state index in [0.29, 0.717) is 18.1 Å². The maximum absolute atomic E-state index is 11.9. The molecular formula is C14H21NO2. The van der Waals surface area contributed by atoms with Gasteiger partial charge in [0.1, 0.15) is 5.75 Å². The molecule has 94 valence electrons. The molecule has 0 aliphatic rings. The van der Waals surface area contributed by atoms with Crippen LogP contribution < -0.4 is 10.1 Å². The second kappa shape index (κ2) is 6.28. The van der Waals surface area contributed by atoms with Gasteiger partial charge in [0.25, 0.3) is 5.91 Å². The lowest BCUT2D eigenvalue weighted by molar-refractivity contribution is 0.0930. The van der Waals surface area contributed by atoms with Crippen LogP contribution in [0.3, 0.4) is 0 Å². The first-order valence-corrected chi connectivity index (χ1v) is 6.08. The quantitative estimate of drug-likeness (QED) is 0.852. The molecule has 0 saturated carbocycles. The molecule has 0 heterocycles. The lowest BCUT2D eigenvalue weighted by Crippen LogP contribution is -2.36. The van der Waals surface area contributed by atoms with Crippen LogP contribution in [0.4, 0.5) is 0 Å². The number of carbonyl (C=O) groups is 1. The predicted octanol–water partition coefficient (Wildman–Crippen LogP) is 2.86. The Morgan fingerprint density at radius 2 is 1.82 bits per heavy atom. The van der Waals surface area contributed by atoms with Crippen molar-refractivity contribution in [2.45, 2.75) is 33.7 Å². The molecule has 17 heavy (non-hydrogen) atoms. The summed E-state index contributed by atoms with van der Waals surface area (Å²) in [5.74, 6) is 1.19. The van der Waals surface area contributed by atoms with Gasteiger partial charge in [-0.05, 0) is 44.0 Å². The zero-order valence-electron chi connectivity index (χ0n) is 11.0. The molecule has 3 nitrogen and oxygen atoms in total. The van der Waals surface area contributed by atoms with Gasteiger partial charge >= 0.3 is 0 Å². The van der Waals surface area contributed by atoms with Gasteiger partial charge in [0, 0.05) is 11.6 Å². The van der Waals surface area contributed by atoms with Crippen LogP contribution >= 0.6 is 0 Å². The van der Waals surface area contributed by atoms with E-state index in [1.807, 2.05) is 26.0 Å². The molecule has 0 radical (unpaired) electrons. The van der Waals surface area contributed by atoms with Gasteiger partial charge in [-0.25, -0.2) is 0 Å². The summed E-state index contributed by atoms with van der Waals surface area (Å²) in [6.45, 7) is 8.75. The first-order chi connectivity index (χ1) is 8.04. The van der Waals surface area contributed by atoms with E-state index in [1.54, 1.807) is 12.1 Å². The van der Waals surface area contributed by atoms with E-state index in [2.05, 4.69) is 19.2 Å². The lowest BCUT2D eigenvalue weighted by atomic mass is 10.1. The molecule has 0 unspecified atom stereocenters. The number of benzene rings is 1. The molecule has 0 aromatic heterocycles. The highest BCUT2D eigenvalue weighted by Crippen LogP contribution is 2.12. The Hall–Kier alpha value is -1.51. The molecule has 0 spiro atoms. The van der Waals surface area contributed by atoms with Gasteiger partial charge in [0.15, 0.2) is 0 Å². The van der Waals surface area contributed by atoms with Gasteiger partial charge in [0.2, 0.25) is 0 Å². The monoisotopic (exact) mass is 235 g/mol. The number of amides is 1. The van der Waals surface area contributed by atoms with Crippen molar-refractivity contribution in [3.05, 3.63) is 29.8 Å². The van der Waals surface area contributed by atoms with E-state index in [-0.39, 0.29) is 11.9 Å². The molecule has 1 N–H and O–H groups in total. The minimum absolute atomic E-state index is 0.0331. The summed E-state index contributed by atoms with van der Waals surface area (Å²) in [4.78, 5) is 11.9. The van der Waals surface area contributed by atoms with Crippen molar-refractivity contribution in [2.75, 3.05) is 6.61 Å². The number of ether oxygens (including phenoxy) is 1. The van der Waals surface area contributed by atoms with Gasteiger partial charge in [-0.15, -0.1) is 0 Å². The summed E-state index contributed by atoms with van der Waals surface area (Å²) in [7, 11) is 0. The molecular weight excluding hydrogens is 214 g/mol. The van der Waals surface area contributed by atoms with E-state index < -0.39 is 0 Å². The first-order valence-electron chi connectivity index (χ1n) is 6.08. The molecule has 0 fully saturated rings. The second-order valence-electron chi connectivity index (χ2n) is 4.46. The van der Waals surface area contributed by atoms with Gasteiger partial charge < -0.3 is 10.1 Å². The zero-order chi connectivity index (χ0) is 12.8. The third-order valence-electron chi connectivity index (χ3n) is 2.79. The van der Waals surface area contributed by atoms with Crippen LogP contribution in [-0.4, -0.2) is 18.6 Å². The van der Waals surface area contributed by atoms with Crippen LogP contribution in [0.2, 0.25) is 0 Å². The normalized spacial score (nSPS) is 12.3. The first kappa shape index (κ1) is 13.6. The highest BCUT2D eigenvalue weighted by Gasteiger charge is 2.12. The number of rotatable bonds is 5. The molecule has 0 bridgehead atoms. The average molecular weight is 235 g/mol. The van der Waals surface area contributed by atoms with Crippen LogP contribution in [0.1, 0.15) is 38.1 Å². The van der Waals surface area contributed by atoms with E-state index in [4.69, 9.17) is 4.74 Å². The summed E-state index contributed by atoms with van der Waals surface area (Å²) in [6, 6.07) is 7.38. The van der Waals surface area contributed by atoms with E-state index in [1.165, 1.54) is 0 Å². The molecule has 1 aromatic rings. The highest BCUT2D eigenvalue weighted by molar-refractivity contribution is 5.94. The summed E-state index contributed by atoms with van der Waals surface area (Å²) in [5, 5.41) is 2.97. The van der Waals surface area contributed by atoms with E-state index >= 15 is 0 Å². The van der Waals surface area contributed by atoms with E-state index in [9.17, 15) is 4.79 Å². The Labute approximate surface area is 103 Å². The Bertz CT molecular complexity index is 357. The van der Waals surface area contributed by atoms with Crippen LogP contribution in [-0.2, 0) is 0 Å². The molecule has 1 atom stereocenters. The standard InChI is InChI=1S/C14H21NO2/c1-5-17-13-8-6-12(7-9-13)14(16)15-11(4)10(2)3/h6-11H,5H2,1-4H3,(H,15,16)/t11-/m0/s1. The fourth-order valence-electron chi connectivity index (χ4n) is 1.33. The number of nitrogens with one attached hydrogen (secondary N) is 1. The minimum atomic E-state index is -0.0331. The number of hydrogen-bond acceptors (Lipinski definition) is 2. The molecule has 0 aliphatic carbocycles. The smallest absolute Gasteiger partial charge is 0.251 e. The number of carbonyl (C=O) groups excluding carboxylic acids is 1. The minimum Gasteiger partial charge on any atom is -0.494 e. The topological polar surface area (TPSA) is 38.3 Å². The third kappa shape index (κ3) is 4.10. The molecule has 1 rings (SSSR count). The van der Waals surface area contributed by atoms with Crippen LogP contribution in [0.15, 0.2) is 24.3 Å². The third-order valence-corrected chi connectivity index (χ3v) is 2.79. The van der Waals surface area contributed by atoms with Gasteiger partial charge in [-0.2, -0.15) is 0 Å². The molecule has 1 amide bonds. The van der Waals surface area contributed by atoms with Crippen molar-refractivity contribution in [1.82, 2.24) is 5.32 Å². The van der Waals surface area contributed by atoms with Crippen molar-refractivity contribution in [1.29, 1.82) is 0 Å². The van der Waals surface area contributed by atoms with E-state index in [0.717, 1.165) is 5.75 Å². The Morgan fingerprint density at radius 3 is 2.29 bits per heavy atom. The van der Waals surface area contributed by atoms with Crippen LogP contribution in [0.25, 0.3) is 0 Å². The average Bonchev–Trinajstić information content (AvgIpc) is 2.30. The van der Waals surface area contributed by atoms with Crippen molar-refractivity contribution in [2.24, 2.45) is 5.92 Å². The van der Waals surface area contributed by atoms with Gasteiger partial charge in [-0.1, -0.05) is 13.8 Å². The Kier molecular flexibility index (Phi) is 5.01. The number of hydrogen-bond donors (Lipinski definition) is 1. The van der Waals surface area contributed by atoms with Crippen LogP contribution in [0.5, 0.6) is 5.75 Å². The fraction of sp³-hybridized carbons (Fsp3) is 0.500. The SMILES string of the molecule is CCOc1ccc(C(=O)N[C@@H](C)C(C)C)cc1. The molecule has 0 aliphatic heterocycles. The Morgan fingerprint density at radius 1 is 1.24 bits per heavy atom. The van der Waals surface area contributed by atoms with Crippen molar-refractivity contribution in [3.8, 4) is 5.75 Å². The molecule has 0 saturated heterocycles.